The van der Waals surface area contributed by atoms with Gasteiger partial charge >= 0.3 is 0 Å². The molecule has 0 unspecified atom stereocenters. The molecule has 1 amide bonds. The molecule has 0 atom stereocenters. The molecule has 0 aromatic carbocycles. The van der Waals surface area contributed by atoms with Crippen molar-refractivity contribution in [2.75, 3.05) is 6.54 Å². The molecule has 0 saturated carbocycles. The Balaban J connectivity index is 1.57. The fraction of sp³-hybridized carbons (Fsp3) is 0.429. The van der Waals surface area contributed by atoms with E-state index in [1.807, 2.05) is 42.6 Å². The second kappa shape index (κ2) is 7.69. The molecule has 0 bridgehead atoms. The van der Waals surface area contributed by atoms with Crippen molar-refractivity contribution in [2.24, 2.45) is 7.05 Å². The summed E-state index contributed by atoms with van der Waals surface area (Å²) in [5, 5.41) is 9.05. The van der Waals surface area contributed by atoms with E-state index in [1.165, 1.54) is 5.69 Å². The van der Waals surface area contributed by atoms with Gasteiger partial charge in [0.2, 0.25) is 5.88 Å². The van der Waals surface area contributed by atoms with Gasteiger partial charge in [0.25, 0.3) is 5.91 Å². The van der Waals surface area contributed by atoms with Gasteiger partial charge in [0, 0.05) is 62.8 Å². The zero-order chi connectivity index (χ0) is 20.5. The lowest BCUT2D eigenvalue weighted by Gasteiger charge is -2.27. The lowest BCUT2D eigenvalue weighted by atomic mass is 10.0. The van der Waals surface area contributed by atoms with Crippen molar-refractivity contribution in [3.63, 3.8) is 0 Å². The Kier molecular flexibility index (Phi) is 5.08. The Morgan fingerprint density at radius 1 is 1.28 bits per heavy atom. The van der Waals surface area contributed by atoms with Crippen LogP contribution >= 0.6 is 0 Å². The van der Waals surface area contributed by atoms with Crippen LogP contribution in [0.25, 0.3) is 0 Å². The minimum Gasteiger partial charge on any atom is -0.471 e. The highest BCUT2D eigenvalue weighted by atomic mass is 16.5. The fourth-order valence-corrected chi connectivity index (χ4v) is 3.82. The Hall–Kier alpha value is -3.16. The third kappa shape index (κ3) is 3.74. The van der Waals surface area contributed by atoms with Gasteiger partial charge in [0.15, 0.2) is 0 Å². The predicted octanol–water partition coefficient (Wildman–Crippen LogP) is 2.43. The lowest BCUT2D eigenvalue weighted by Crippen LogP contribution is -2.36. The zero-order valence-corrected chi connectivity index (χ0v) is 17.3. The first-order chi connectivity index (χ1) is 14.0. The molecule has 4 rings (SSSR count). The molecule has 8 heteroatoms. The van der Waals surface area contributed by atoms with Gasteiger partial charge in [-0.05, 0) is 32.4 Å². The fourth-order valence-electron chi connectivity index (χ4n) is 3.82. The monoisotopic (exact) mass is 394 g/mol. The molecule has 1 aliphatic rings. The summed E-state index contributed by atoms with van der Waals surface area (Å²) in [4.78, 5) is 19.2. The molecule has 0 radical (unpaired) electrons. The number of carbonyl (C=O) groups is 1. The summed E-state index contributed by atoms with van der Waals surface area (Å²) >= 11 is 0. The Labute approximate surface area is 170 Å². The van der Waals surface area contributed by atoms with E-state index < -0.39 is 0 Å². The molecular formula is C21H26N6O2. The molecule has 0 aliphatic carbocycles. The van der Waals surface area contributed by atoms with Gasteiger partial charge in [-0.25, -0.2) is 4.98 Å². The SMILES string of the molecule is CCn1nc(COc2cc(C)ccn2)c2c1CCN(C(=O)c1cn(C)nc1C)C2. The predicted molar refractivity (Wildman–Crippen MR) is 108 cm³/mol. The largest absolute Gasteiger partial charge is 0.471 e. The van der Waals surface area contributed by atoms with Gasteiger partial charge < -0.3 is 9.64 Å². The number of hydrogen-bond donors (Lipinski definition) is 0. The Bertz CT molecular complexity index is 1050. The van der Waals surface area contributed by atoms with Gasteiger partial charge in [0.05, 0.1) is 11.3 Å². The first kappa shape index (κ1) is 19.2. The van der Waals surface area contributed by atoms with E-state index in [2.05, 4.69) is 17.0 Å². The Morgan fingerprint density at radius 3 is 2.79 bits per heavy atom. The maximum Gasteiger partial charge on any atom is 0.257 e. The molecule has 29 heavy (non-hydrogen) atoms. The zero-order valence-electron chi connectivity index (χ0n) is 17.3. The van der Waals surface area contributed by atoms with E-state index in [1.54, 1.807) is 17.1 Å². The van der Waals surface area contributed by atoms with Crippen LogP contribution in [0.15, 0.2) is 24.5 Å². The second-order valence-corrected chi connectivity index (χ2v) is 7.43. The van der Waals surface area contributed by atoms with Crippen LogP contribution in [0, 0.1) is 13.8 Å². The van der Waals surface area contributed by atoms with Gasteiger partial charge in [-0.15, -0.1) is 0 Å². The summed E-state index contributed by atoms with van der Waals surface area (Å²) in [6, 6.07) is 3.84. The number of rotatable bonds is 5. The minimum atomic E-state index is 0.0118. The molecule has 1 aliphatic heterocycles. The molecule has 4 heterocycles. The molecule has 0 N–H and O–H groups in total. The maximum absolute atomic E-state index is 13.1. The second-order valence-electron chi connectivity index (χ2n) is 7.43. The van der Waals surface area contributed by atoms with Crippen LogP contribution < -0.4 is 4.74 Å². The van der Waals surface area contributed by atoms with Crippen LogP contribution in [0.5, 0.6) is 5.88 Å². The van der Waals surface area contributed by atoms with Crippen LogP contribution in [-0.2, 0) is 33.2 Å². The maximum atomic E-state index is 13.1. The van der Waals surface area contributed by atoms with E-state index in [9.17, 15) is 4.79 Å². The van der Waals surface area contributed by atoms with E-state index >= 15 is 0 Å². The van der Waals surface area contributed by atoms with Crippen molar-refractivity contribution in [1.82, 2.24) is 29.4 Å². The number of aryl methyl sites for hydroxylation is 4. The van der Waals surface area contributed by atoms with E-state index in [0.717, 1.165) is 35.5 Å². The minimum absolute atomic E-state index is 0.0118. The third-order valence-electron chi connectivity index (χ3n) is 5.29. The number of fused-ring (bicyclic) bond motifs is 1. The highest BCUT2D eigenvalue weighted by Gasteiger charge is 2.29. The Morgan fingerprint density at radius 2 is 2.10 bits per heavy atom. The van der Waals surface area contributed by atoms with Crippen molar-refractivity contribution in [3.8, 4) is 5.88 Å². The first-order valence-corrected chi connectivity index (χ1v) is 9.88. The van der Waals surface area contributed by atoms with Crippen LogP contribution in [0.3, 0.4) is 0 Å². The average Bonchev–Trinajstić information content (AvgIpc) is 3.24. The number of aromatic nitrogens is 5. The summed E-state index contributed by atoms with van der Waals surface area (Å²) < 4.78 is 9.60. The lowest BCUT2D eigenvalue weighted by molar-refractivity contribution is 0.0731. The van der Waals surface area contributed by atoms with Crippen molar-refractivity contribution in [1.29, 1.82) is 0 Å². The summed E-state index contributed by atoms with van der Waals surface area (Å²) in [5.41, 5.74) is 5.64. The van der Waals surface area contributed by atoms with E-state index in [0.29, 0.717) is 31.1 Å². The summed E-state index contributed by atoms with van der Waals surface area (Å²) in [5.74, 6) is 0.595. The quantitative estimate of drug-likeness (QED) is 0.664. The van der Waals surface area contributed by atoms with Gasteiger partial charge in [-0.1, -0.05) is 0 Å². The van der Waals surface area contributed by atoms with Crippen LogP contribution in [0.4, 0.5) is 0 Å². The van der Waals surface area contributed by atoms with Crippen LogP contribution in [0.2, 0.25) is 0 Å². The standard InChI is InChI=1S/C21H26N6O2/c1-5-27-19-7-9-26(21(28)16-11-25(4)23-15(16)3)12-17(19)18(24-27)13-29-20-10-14(2)6-8-22-20/h6,8,10-11H,5,7,9,12-13H2,1-4H3. The van der Waals surface area contributed by atoms with Crippen molar-refractivity contribution in [2.45, 2.75) is 46.9 Å². The number of amides is 1. The highest BCUT2D eigenvalue weighted by molar-refractivity contribution is 5.95. The molecule has 0 fully saturated rings. The molecule has 3 aromatic rings. The number of carbonyl (C=O) groups excluding carboxylic acids is 1. The van der Waals surface area contributed by atoms with Crippen molar-refractivity contribution < 1.29 is 9.53 Å². The highest BCUT2D eigenvalue weighted by Crippen LogP contribution is 2.25. The van der Waals surface area contributed by atoms with E-state index in [4.69, 9.17) is 9.84 Å². The third-order valence-corrected chi connectivity index (χ3v) is 5.29. The van der Waals surface area contributed by atoms with Gasteiger partial charge in [-0.3, -0.25) is 14.2 Å². The average molecular weight is 394 g/mol. The summed E-state index contributed by atoms with van der Waals surface area (Å²) in [7, 11) is 1.83. The van der Waals surface area contributed by atoms with E-state index in [-0.39, 0.29) is 5.91 Å². The summed E-state index contributed by atoms with van der Waals surface area (Å²) in [6.07, 6.45) is 4.31. The van der Waals surface area contributed by atoms with Gasteiger partial charge in [-0.2, -0.15) is 10.2 Å². The van der Waals surface area contributed by atoms with Gasteiger partial charge in [0.1, 0.15) is 12.3 Å². The molecule has 3 aromatic heterocycles. The number of pyridine rings is 1. The molecular weight excluding hydrogens is 368 g/mol. The number of hydrogen-bond acceptors (Lipinski definition) is 5. The van der Waals surface area contributed by atoms with Crippen molar-refractivity contribution >= 4 is 5.91 Å². The first-order valence-electron chi connectivity index (χ1n) is 9.88. The molecule has 0 saturated heterocycles. The van der Waals surface area contributed by atoms with Crippen molar-refractivity contribution in [3.05, 3.63) is 58.3 Å². The normalized spacial score (nSPS) is 13.4. The molecule has 0 spiro atoms. The smallest absolute Gasteiger partial charge is 0.257 e. The number of ether oxygens (including phenoxy) is 1. The molecule has 8 nitrogen and oxygen atoms in total. The summed E-state index contributed by atoms with van der Waals surface area (Å²) in [6.45, 7) is 8.28. The number of nitrogens with zero attached hydrogens (tertiary/aromatic N) is 6. The van der Waals surface area contributed by atoms with Crippen LogP contribution in [0.1, 0.15) is 45.5 Å². The van der Waals surface area contributed by atoms with Crippen LogP contribution in [-0.4, -0.2) is 41.9 Å². The topological polar surface area (TPSA) is 78.1 Å². The molecule has 152 valence electrons.